The van der Waals surface area contributed by atoms with E-state index in [0.717, 1.165) is 12.7 Å². The second-order valence-corrected chi connectivity index (χ2v) is 6.71. The van der Waals surface area contributed by atoms with Crippen LogP contribution in [0.1, 0.15) is 13.3 Å². The van der Waals surface area contributed by atoms with Crippen molar-refractivity contribution in [2.45, 2.75) is 18.2 Å². The van der Waals surface area contributed by atoms with Crippen molar-refractivity contribution in [1.82, 2.24) is 5.32 Å². The lowest BCUT2D eigenvalue weighted by Crippen LogP contribution is -2.35. The lowest BCUT2D eigenvalue weighted by atomic mass is 10.2. The highest BCUT2D eigenvalue weighted by Gasteiger charge is 2.13. The second-order valence-electron chi connectivity index (χ2n) is 4.70. The number of carbonyl (C=O) groups is 1. The van der Waals surface area contributed by atoms with Gasteiger partial charge in [0.25, 0.3) is 0 Å². The lowest BCUT2D eigenvalue weighted by Gasteiger charge is -2.21. The molecular weight excluding hydrogens is 278 g/mol. The average Bonchev–Trinajstić information content (AvgIpc) is 2.34. The quantitative estimate of drug-likeness (QED) is 0.752. The van der Waals surface area contributed by atoms with E-state index in [-0.39, 0.29) is 17.3 Å². The zero-order valence-electron chi connectivity index (χ0n) is 12.0. The molecule has 6 nitrogen and oxygen atoms in total. The van der Waals surface area contributed by atoms with Crippen molar-refractivity contribution in [3.8, 4) is 0 Å². The molecule has 0 fully saturated rings. The van der Waals surface area contributed by atoms with Crippen molar-refractivity contribution in [3.05, 3.63) is 18.2 Å². The van der Waals surface area contributed by atoms with Gasteiger partial charge in [-0.3, -0.25) is 4.79 Å². The Morgan fingerprint density at radius 1 is 1.40 bits per heavy atom. The summed E-state index contributed by atoms with van der Waals surface area (Å²) in [6.45, 7) is 2.78. The fourth-order valence-electron chi connectivity index (χ4n) is 1.73. The number of nitrogens with zero attached hydrogens (tertiary/aromatic N) is 1. The van der Waals surface area contributed by atoms with Gasteiger partial charge < -0.3 is 16.0 Å². The van der Waals surface area contributed by atoms with Gasteiger partial charge in [-0.25, -0.2) is 8.42 Å². The molecule has 0 bridgehead atoms. The number of hydrogen-bond acceptors (Lipinski definition) is 5. The highest BCUT2D eigenvalue weighted by molar-refractivity contribution is 7.90. The van der Waals surface area contributed by atoms with E-state index in [0.29, 0.717) is 17.9 Å². The first-order valence-electron chi connectivity index (χ1n) is 6.33. The normalized spacial score (nSPS) is 11.2. The summed E-state index contributed by atoms with van der Waals surface area (Å²) in [6.07, 6.45) is 2.00. The SMILES string of the molecule is CCCNC(=O)CN(C)c1ccc(S(C)(=O)=O)cc1N. The van der Waals surface area contributed by atoms with Crippen molar-refractivity contribution >= 4 is 27.1 Å². The molecule has 0 aliphatic rings. The highest BCUT2D eigenvalue weighted by Crippen LogP contribution is 2.25. The van der Waals surface area contributed by atoms with Crippen molar-refractivity contribution in [2.24, 2.45) is 0 Å². The van der Waals surface area contributed by atoms with E-state index in [1.807, 2.05) is 6.92 Å². The van der Waals surface area contributed by atoms with E-state index in [4.69, 9.17) is 5.73 Å². The summed E-state index contributed by atoms with van der Waals surface area (Å²) in [5.74, 6) is -0.0964. The first kappa shape index (κ1) is 16.3. The molecule has 3 N–H and O–H groups in total. The molecule has 112 valence electrons. The molecule has 0 saturated carbocycles. The number of amides is 1. The van der Waals surface area contributed by atoms with E-state index in [9.17, 15) is 13.2 Å². The molecule has 0 aliphatic carbocycles. The third-order valence-electron chi connectivity index (χ3n) is 2.79. The van der Waals surface area contributed by atoms with Gasteiger partial charge >= 0.3 is 0 Å². The van der Waals surface area contributed by atoms with Gasteiger partial charge in [-0.15, -0.1) is 0 Å². The van der Waals surface area contributed by atoms with E-state index in [1.165, 1.54) is 12.1 Å². The third kappa shape index (κ3) is 4.41. The van der Waals surface area contributed by atoms with Crippen LogP contribution in [0.5, 0.6) is 0 Å². The predicted molar refractivity (Wildman–Crippen MR) is 80.5 cm³/mol. The lowest BCUT2D eigenvalue weighted by molar-refractivity contribution is -0.119. The Kier molecular flexibility index (Phi) is 5.38. The molecule has 20 heavy (non-hydrogen) atoms. The molecular formula is C13H21N3O3S. The van der Waals surface area contributed by atoms with E-state index < -0.39 is 9.84 Å². The molecule has 0 radical (unpaired) electrons. The molecule has 1 amide bonds. The van der Waals surface area contributed by atoms with E-state index >= 15 is 0 Å². The standard InChI is InChI=1S/C13H21N3O3S/c1-4-7-15-13(17)9-16(2)12-6-5-10(8-11(12)14)20(3,18)19/h5-6,8H,4,7,9,14H2,1-3H3,(H,15,17). The summed E-state index contributed by atoms with van der Waals surface area (Å²) in [5, 5.41) is 2.77. The third-order valence-corrected chi connectivity index (χ3v) is 3.90. The Labute approximate surface area is 119 Å². The van der Waals surface area contributed by atoms with Crippen molar-refractivity contribution < 1.29 is 13.2 Å². The Hall–Kier alpha value is -1.76. The maximum Gasteiger partial charge on any atom is 0.239 e. The number of sulfone groups is 1. The van der Waals surface area contributed by atoms with Crippen molar-refractivity contribution in [1.29, 1.82) is 0 Å². The minimum Gasteiger partial charge on any atom is -0.397 e. The molecule has 7 heteroatoms. The molecule has 0 aromatic heterocycles. The van der Waals surface area contributed by atoms with Gasteiger partial charge in [0, 0.05) is 19.8 Å². The van der Waals surface area contributed by atoms with Crippen LogP contribution < -0.4 is 16.0 Å². The van der Waals surface area contributed by atoms with E-state index in [1.54, 1.807) is 18.0 Å². The Morgan fingerprint density at radius 3 is 2.55 bits per heavy atom. The number of nitrogen functional groups attached to an aromatic ring is 1. The molecule has 0 saturated heterocycles. The smallest absolute Gasteiger partial charge is 0.239 e. The Balaban J connectivity index is 2.84. The molecule has 1 aromatic rings. The van der Waals surface area contributed by atoms with Crippen LogP contribution in [0.15, 0.2) is 23.1 Å². The summed E-state index contributed by atoms with van der Waals surface area (Å²) >= 11 is 0. The van der Waals surface area contributed by atoms with Crippen molar-refractivity contribution in [2.75, 3.05) is 37.0 Å². The number of benzene rings is 1. The van der Waals surface area contributed by atoms with Gasteiger partial charge in [-0.2, -0.15) is 0 Å². The Morgan fingerprint density at radius 2 is 2.05 bits per heavy atom. The predicted octanol–water partition coefficient (Wildman–Crippen LogP) is 0.635. The molecule has 0 atom stereocenters. The van der Waals surface area contributed by atoms with Crippen LogP contribution >= 0.6 is 0 Å². The first-order chi connectivity index (χ1) is 9.25. The second kappa shape index (κ2) is 6.60. The van der Waals surface area contributed by atoms with E-state index in [2.05, 4.69) is 5.32 Å². The van der Waals surface area contributed by atoms with Crippen LogP contribution in [0.4, 0.5) is 11.4 Å². The summed E-state index contributed by atoms with van der Waals surface area (Å²) < 4.78 is 22.9. The number of anilines is 2. The van der Waals surface area contributed by atoms with Crippen LogP contribution in [-0.4, -0.2) is 40.7 Å². The van der Waals surface area contributed by atoms with Gasteiger partial charge in [-0.05, 0) is 24.6 Å². The topological polar surface area (TPSA) is 92.5 Å². The van der Waals surface area contributed by atoms with Gasteiger partial charge in [0.15, 0.2) is 9.84 Å². The number of nitrogens with two attached hydrogens (primary N) is 1. The number of nitrogens with one attached hydrogen (secondary N) is 1. The van der Waals surface area contributed by atoms with Crippen molar-refractivity contribution in [3.63, 3.8) is 0 Å². The molecule has 0 unspecified atom stereocenters. The summed E-state index contributed by atoms with van der Waals surface area (Å²) in [4.78, 5) is 13.5. The first-order valence-corrected chi connectivity index (χ1v) is 8.22. The fourth-order valence-corrected chi connectivity index (χ4v) is 2.39. The molecule has 0 spiro atoms. The fraction of sp³-hybridized carbons (Fsp3) is 0.462. The van der Waals surface area contributed by atoms with Crippen LogP contribution in [0.3, 0.4) is 0 Å². The molecule has 0 aliphatic heterocycles. The van der Waals surface area contributed by atoms with Gasteiger partial charge in [0.2, 0.25) is 5.91 Å². The molecule has 0 heterocycles. The summed E-state index contributed by atoms with van der Waals surface area (Å²) in [6, 6.07) is 4.51. The summed E-state index contributed by atoms with van der Waals surface area (Å²) in [5.41, 5.74) is 6.82. The van der Waals surface area contributed by atoms with Gasteiger partial charge in [-0.1, -0.05) is 6.92 Å². The number of carbonyl (C=O) groups excluding carboxylic acids is 1. The largest absolute Gasteiger partial charge is 0.397 e. The zero-order chi connectivity index (χ0) is 15.3. The highest BCUT2D eigenvalue weighted by atomic mass is 32.2. The average molecular weight is 299 g/mol. The Bertz CT molecular complexity index is 585. The molecule has 1 aromatic carbocycles. The molecule has 1 rings (SSSR count). The number of likely N-dealkylation sites (N-methyl/N-ethyl adjacent to an activating group) is 1. The van der Waals surface area contributed by atoms with Crippen LogP contribution in [0.25, 0.3) is 0 Å². The van der Waals surface area contributed by atoms with Crippen LogP contribution in [0, 0.1) is 0 Å². The summed E-state index contributed by atoms with van der Waals surface area (Å²) in [7, 11) is -1.55. The maximum absolute atomic E-state index is 11.6. The van der Waals surface area contributed by atoms with Crippen LogP contribution in [-0.2, 0) is 14.6 Å². The number of rotatable bonds is 6. The zero-order valence-corrected chi connectivity index (χ0v) is 12.8. The minimum absolute atomic E-state index is 0.0964. The maximum atomic E-state index is 11.6. The van der Waals surface area contributed by atoms with Crippen LogP contribution in [0.2, 0.25) is 0 Å². The minimum atomic E-state index is -3.28. The monoisotopic (exact) mass is 299 g/mol. The van der Waals surface area contributed by atoms with Gasteiger partial charge in [0.1, 0.15) is 0 Å². The number of hydrogen-bond donors (Lipinski definition) is 2. The van der Waals surface area contributed by atoms with Gasteiger partial charge in [0.05, 0.1) is 22.8 Å².